The summed E-state index contributed by atoms with van der Waals surface area (Å²) in [5, 5.41) is 3.19. The number of nitrogens with zero attached hydrogens (tertiary/aromatic N) is 1. The second-order valence-corrected chi connectivity index (χ2v) is 2.49. The van der Waals surface area contributed by atoms with E-state index in [-0.39, 0.29) is 0 Å². The van der Waals surface area contributed by atoms with Gasteiger partial charge in [0.05, 0.1) is 0 Å². The Morgan fingerprint density at radius 2 is 2.62 bits per heavy atom. The summed E-state index contributed by atoms with van der Waals surface area (Å²) in [5.41, 5.74) is 0. The highest BCUT2D eigenvalue weighted by Gasteiger charge is 1.90. The van der Waals surface area contributed by atoms with Crippen molar-refractivity contribution in [1.82, 2.24) is 4.98 Å². The first kappa shape index (κ1) is 5.79. The third-order valence-corrected chi connectivity index (χ3v) is 1.83. The Morgan fingerprint density at radius 3 is 2.88 bits per heavy atom. The summed E-state index contributed by atoms with van der Waals surface area (Å²) < 4.78 is 0. The van der Waals surface area contributed by atoms with Crippen LogP contribution < -0.4 is 0 Å². The molecule has 0 saturated carbocycles. The van der Waals surface area contributed by atoms with E-state index in [4.69, 9.17) is 11.6 Å². The molecular formula is C5H4ClNS. The van der Waals surface area contributed by atoms with Crippen LogP contribution in [0.1, 0.15) is 5.01 Å². The molecule has 42 valence electrons. The summed E-state index contributed by atoms with van der Waals surface area (Å²) in [6.45, 7) is 3.53. The Labute approximate surface area is 56.6 Å². The topological polar surface area (TPSA) is 12.9 Å². The van der Waals surface area contributed by atoms with Crippen LogP contribution in [0.4, 0.5) is 0 Å². The van der Waals surface area contributed by atoms with Gasteiger partial charge in [0, 0.05) is 5.38 Å². The van der Waals surface area contributed by atoms with E-state index in [1.165, 1.54) is 11.3 Å². The summed E-state index contributed by atoms with van der Waals surface area (Å²) in [4.78, 5) is 3.90. The number of halogens is 1. The fraction of sp³-hybridized carbons (Fsp3) is 0. The molecule has 1 aromatic rings. The van der Waals surface area contributed by atoms with Crippen LogP contribution in [0.25, 0.3) is 6.08 Å². The van der Waals surface area contributed by atoms with Gasteiger partial charge in [0.2, 0.25) is 0 Å². The van der Waals surface area contributed by atoms with Gasteiger partial charge >= 0.3 is 0 Å². The lowest BCUT2D eigenvalue weighted by Crippen LogP contribution is -1.62. The normalized spacial score (nSPS) is 9.12. The summed E-state index contributed by atoms with van der Waals surface area (Å²) in [6, 6.07) is 0. The first-order valence-electron chi connectivity index (χ1n) is 2.06. The van der Waals surface area contributed by atoms with Crippen molar-refractivity contribution in [3.05, 3.63) is 22.1 Å². The number of thiazole rings is 1. The number of hydrogen-bond acceptors (Lipinski definition) is 2. The van der Waals surface area contributed by atoms with Crippen molar-refractivity contribution in [1.29, 1.82) is 0 Å². The first-order chi connectivity index (χ1) is 3.83. The van der Waals surface area contributed by atoms with E-state index < -0.39 is 0 Å². The summed E-state index contributed by atoms with van der Waals surface area (Å²) in [5.74, 6) is 0. The van der Waals surface area contributed by atoms with Gasteiger partial charge in [-0.15, -0.1) is 11.3 Å². The molecule has 0 spiro atoms. The van der Waals surface area contributed by atoms with Crippen LogP contribution in [-0.4, -0.2) is 4.98 Å². The molecule has 0 fully saturated rings. The standard InChI is InChI=1S/C5H4ClNS/c1-2-5-7-4(6)3-8-5/h2-3H,1H2. The Hall–Kier alpha value is -0.340. The zero-order valence-electron chi connectivity index (χ0n) is 4.10. The molecule has 0 amide bonds. The van der Waals surface area contributed by atoms with E-state index in [1.807, 2.05) is 0 Å². The van der Waals surface area contributed by atoms with Crippen molar-refractivity contribution in [2.24, 2.45) is 0 Å². The molecule has 0 aliphatic carbocycles. The lowest BCUT2D eigenvalue weighted by atomic mass is 10.7. The smallest absolute Gasteiger partial charge is 0.140 e. The van der Waals surface area contributed by atoms with Gasteiger partial charge in [-0.3, -0.25) is 0 Å². The van der Waals surface area contributed by atoms with Crippen LogP contribution in [0.5, 0.6) is 0 Å². The van der Waals surface area contributed by atoms with Gasteiger partial charge < -0.3 is 0 Å². The minimum absolute atomic E-state index is 0.546. The molecule has 0 aliphatic heterocycles. The highest BCUT2D eigenvalue weighted by molar-refractivity contribution is 7.10. The highest BCUT2D eigenvalue weighted by atomic mass is 35.5. The van der Waals surface area contributed by atoms with Gasteiger partial charge in [-0.25, -0.2) is 4.98 Å². The van der Waals surface area contributed by atoms with E-state index in [0.717, 1.165) is 5.01 Å². The van der Waals surface area contributed by atoms with Crippen molar-refractivity contribution < 1.29 is 0 Å². The van der Waals surface area contributed by atoms with Crippen molar-refractivity contribution in [2.75, 3.05) is 0 Å². The third kappa shape index (κ3) is 1.08. The predicted molar refractivity (Wildman–Crippen MR) is 37.2 cm³/mol. The van der Waals surface area contributed by atoms with Gasteiger partial charge in [0.25, 0.3) is 0 Å². The molecule has 0 aliphatic rings. The molecule has 0 N–H and O–H groups in total. The Balaban J connectivity index is 3.00. The average Bonchev–Trinajstić information content (AvgIpc) is 2.14. The molecule has 0 aromatic carbocycles. The van der Waals surface area contributed by atoms with E-state index in [9.17, 15) is 0 Å². The van der Waals surface area contributed by atoms with Gasteiger partial charge in [-0.05, 0) is 6.08 Å². The molecule has 0 atom stereocenters. The maximum atomic E-state index is 5.49. The second-order valence-electron chi connectivity index (χ2n) is 1.21. The zero-order valence-corrected chi connectivity index (χ0v) is 5.67. The second kappa shape index (κ2) is 2.29. The molecular weight excluding hydrogens is 142 g/mol. The van der Waals surface area contributed by atoms with E-state index in [1.54, 1.807) is 11.5 Å². The van der Waals surface area contributed by atoms with Gasteiger partial charge in [-0.2, -0.15) is 0 Å². The van der Waals surface area contributed by atoms with Gasteiger partial charge in [0.1, 0.15) is 10.2 Å². The molecule has 0 radical (unpaired) electrons. The number of aromatic nitrogens is 1. The maximum absolute atomic E-state index is 5.49. The molecule has 0 unspecified atom stereocenters. The minimum atomic E-state index is 0.546. The fourth-order valence-electron chi connectivity index (χ4n) is 0.361. The van der Waals surface area contributed by atoms with Crippen molar-refractivity contribution >= 4 is 29.0 Å². The fourth-order valence-corrected chi connectivity index (χ4v) is 1.15. The van der Waals surface area contributed by atoms with Crippen LogP contribution in [-0.2, 0) is 0 Å². The highest BCUT2D eigenvalue weighted by Crippen LogP contribution is 2.13. The predicted octanol–water partition coefficient (Wildman–Crippen LogP) is 2.44. The molecule has 1 heterocycles. The third-order valence-electron chi connectivity index (χ3n) is 0.669. The number of hydrogen-bond donors (Lipinski definition) is 0. The summed E-state index contributed by atoms with van der Waals surface area (Å²) in [7, 11) is 0. The summed E-state index contributed by atoms with van der Waals surface area (Å²) >= 11 is 6.98. The molecule has 1 aromatic heterocycles. The lowest BCUT2D eigenvalue weighted by molar-refractivity contribution is 1.39. The Morgan fingerprint density at radius 1 is 1.88 bits per heavy atom. The minimum Gasteiger partial charge on any atom is -0.225 e. The molecule has 1 nitrogen and oxygen atoms in total. The van der Waals surface area contributed by atoms with E-state index >= 15 is 0 Å². The first-order valence-corrected chi connectivity index (χ1v) is 3.32. The van der Waals surface area contributed by atoms with Crippen molar-refractivity contribution in [3.63, 3.8) is 0 Å². The molecule has 0 bridgehead atoms. The maximum Gasteiger partial charge on any atom is 0.140 e. The summed E-state index contributed by atoms with van der Waals surface area (Å²) in [6.07, 6.45) is 1.68. The zero-order chi connectivity index (χ0) is 5.98. The van der Waals surface area contributed by atoms with Crippen molar-refractivity contribution in [3.8, 4) is 0 Å². The van der Waals surface area contributed by atoms with Crippen LogP contribution in [0.2, 0.25) is 5.15 Å². The molecule has 1 rings (SSSR count). The Kier molecular flexibility index (Phi) is 1.65. The van der Waals surface area contributed by atoms with Gasteiger partial charge in [0.15, 0.2) is 0 Å². The monoisotopic (exact) mass is 145 g/mol. The van der Waals surface area contributed by atoms with E-state index in [0.29, 0.717) is 5.15 Å². The molecule has 0 saturated heterocycles. The van der Waals surface area contributed by atoms with Crippen LogP contribution in [0.15, 0.2) is 12.0 Å². The van der Waals surface area contributed by atoms with Crippen LogP contribution >= 0.6 is 22.9 Å². The molecule has 3 heteroatoms. The number of rotatable bonds is 1. The van der Waals surface area contributed by atoms with E-state index in [2.05, 4.69) is 11.6 Å². The quantitative estimate of drug-likeness (QED) is 0.592. The van der Waals surface area contributed by atoms with Crippen LogP contribution in [0, 0.1) is 0 Å². The Bertz CT molecular complexity index is 194. The molecule has 8 heavy (non-hydrogen) atoms. The van der Waals surface area contributed by atoms with Crippen LogP contribution in [0.3, 0.4) is 0 Å². The van der Waals surface area contributed by atoms with Crippen molar-refractivity contribution in [2.45, 2.75) is 0 Å². The lowest BCUT2D eigenvalue weighted by Gasteiger charge is -1.72. The average molecular weight is 146 g/mol. The van der Waals surface area contributed by atoms with Gasteiger partial charge in [-0.1, -0.05) is 18.2 Å². The largest absolute Gasteiger partial charge is 0.225 e. The SMILES string of the molecule is C=Cc1nc(Cl)cs1.